The summed E-state index contributed by atoms with van der Waals surface area (Å²) in [7, 11) is 0. The molecule has 3 atom stereocenters. The summed E-state index contributed by atoms with van der Waals surface area (Å²) in [4.78, 5) is 7.09. The number of rotatable bonds is 3. The molecule has 3 heteroatoms. The largest absolute Gasteiger partial charge is 0.477 e. The van der Waals surface area contributed by atoms with Gasteiger partial charge in [0.1, 0.15) is 6.61 Å². The fourth-order valence-electron chi connectivity index (χ4n) is 2.51. The number of aliphatic imine (C=N–C) groups is 1. The third-order valence-electron chi connectivity index (χ3n) is 3.70. The molecule has 2 aliphatic rings. The van der Waals surface area contributed by atoms with Crippen molar-refractivity contribution in [2.75, 3.05) is 13.2 Å². The highest BCUT2D eigenvalue weighted by molar-refractivity contribution is 5.86. The Morgan fingerprint density at radius 3 is 2.67 bits per heavy atom. The summed E-state index contributed by atoms with van der Waals surface area (Å²) in [5.41, 5.74) is 1.32. The molecule has 0 N–H and O–H groups in total. The van der Waals surface area contributed by atoms with Crippen molar-refractivity contribution in [3.63, 3.8) is 0 Å². The zero-order valence-corrected chi connectivity index (χ0v) is 11.3. The van der Waals surface area contributed by atoms with Gasteiger partial charge in [0.05, 0.1) is 11.6 Å². The van der Waals surface area contributed by atoms with Gasteiger partial charge in [-0.3, -0.25) is 4.90 Å². The van der Waals surface area contributed by atoms with E-state index in [-0.39, 0.29) is 5.54 Å². The van der Waals surface area contributed by atoms with E-state index in [9.17, 15) is 0 Å². The van der Waals surface area contributed by atoms with Crippen LogP contribution < -0.4 is 0 Å². The maximum atomic E-state index is 5.72. The van der Waals surface area contributed by atoms with Gasteiger partial charge in [0.15, 0.2) is 0 Å². The van der Waals surface area contributed by atoms with E-state index in [1.54, 1.807) is 0 Å². The molecule has 1 aromatic rings. The molecule has 3 nitrogen and oxygen atoms in total. The van der Waals surface area contributed by atoms with Crippen molar-refractivity contribution in [1.29, 1.82) is 0 Å². The summed E-state index contributed by atoms with van der Waals surface area (Å²) >= 11 is 0. The maximum absolute atomic E-state index is 5.72. The SMILES string of the molecule is C[C@H](c1ccccc1)N1CC1C1=NC(C)(C)CO1. The molecule has 18 heavy (non-hydrogen) atoms. The second kappa shape index (κ2) is 4.09. The Morgan fingerprint density at radius 1 is 1.33 bits per heavy atom. The molecule has 0 saturated carbocycles. The van der Waals surface area contributed by atoms with Crippen LogP contribution in [0.25, 0.3) is 0 Å². The summed E-state index contributed by atoms with van der Waals surface area (Å²) < 4.78 is 5.72. The Morgan fingerprint density at radius 2 is 2.06 bits per heavy atom. The van der Waals surface area contributed by atoms with Crippen LogP contribution >= 0.6 is 0 Å². The third-order valence-corrected chi connectivity index (χ3v) is 3.70. The molecule has 1 aromatic carbocycles. The molecule has 0 aliphatic carbocycles. The first-order valence-electron chi connectivity index (χ1n) is 6.60. The van der Waals surface area contributed by atoms with Crippen LogP contribution in [0.1, 0.15) is 32.4 Å². The fourth-order valence-corrected chi connectivity index (χ4v) is 2.51. The molecule has 2 unspecified atom stereocenters. The average molecular weight is 244 g/mol. The topological polar surface area (TPSA) is 24.6 Å². The van der Waals surface area contributed by atoms with E-state index >= 15 is 0 Å². The van der Waals surface area contributed by atoms with Gasteiger partial charge in [0.2, 0.25) is 5.90 Å². The summed E-state index contributed by atoms with van der Waals surface area (Å²) in [6, 6.07) is 11.4. The van der Waals surface area contributed by atoms with Crippen LogP contribution in [0.5, 0.6) is 0 Å². The quantitative estimate of drug-likeness (QED) is 0.763. The smallest absolute Gasteiger partial charge is 0.203 e. The van der Waals surface area contributed by atoms with E-state index in [2.05, 4.69) is 61.0 Å². The van der Waals surface area contributed by atoms with Crippen molar-refractivity contribution >= 4 is 5.90 Å². The highest BCUT2D eigenvalue weighted by Crippen LogP contribution is 2.34. The Hall–Kier alpha value is -1.35. The number of nitrogens with zero attached hydrogens (tertiary/aromatic N) is 2. The van der Waals surface area contributed by atoms with E-state index in [0.29, 0.717) is 18.7 Å². The van der Waals surface area contributed by atoms with Gasteiger partial charge in [-0.25, -0.2) is 4.99 Å². The Kier molecular flexibility index (Phi) is 2.67. The molecule has 0 amide bonds. The Balaban J connectivity index is 1.68. The summed E-state index contributed by atoms with van der Waals surface area (Å²) in [6.45, 7) is 8.26. The normalized spacial score (nSPS) is 30.5. The van der Waals surface area contributed by atoms with Crippen LogP contribution in [0.4, 0.5) is 0 Å². The molecule has 0 radical (unpaired) electrons. The number of ether oxygens (including phenoxy) is 1. The van der Waals surface area contributed by atoms with Gasteiger partial charge in [0, 0.05) is 12.6 Å². The Labute approximate surface area is 108 Å². The monoisotopic (exact) mass is 244 g/mol. The number of hydrogen-bond donors (Lipinski definition) is 0. The minimum absolute atomic E-state index is 0.0421. The predicted molar refractivity (Wildman–Crippen MR) is 72.8 cm³/mol. The van der Waals surface area contributed by atoms with Crippen LogP contribution in [0.3, 0.4) is 0 Å². The molecular formula is C15H20N2O. The second-order valence-electron chi connectivity index (χ2n) is 5.85. The summed E-state index contributed by atoms with van der Waals surface area (Å²) in [6.07, 6.45) is 0. The highest BCUT2D eigenvalue weighted by atomic mass is 16.5. The van der Waals surface area contributed by atoms with Crippen molar-refractivity contribution in [1.82, 2.24) is 4.90 Å². The van der Waals surface area contributed by atoms with Crippen molar-refractivity contribution in [2.24, 2.45) is 4.99 Å². The maximum Gasteiger partial charge on any atom is 0.203 e. The second-order valence-corrected chi connectivity index (χ2v) is 5.85. The first-order valence-corrected chi connectivity index (χ1v) is 6.60. The third kappa shape index (κ3) is 2.15. The zero-order chi connectivity index (χ0) is 12.8. The molecule has 2 heterocycles. The molecule has 2 aliphatic heterocycles. The lowest BCUT2D eigenvalue weighted by Gasteiger charge is -2.14. The van der Waals surface area contributed by atoms with Crippen molar-refractivity contribution < 1.29 is 4.74 Å². The summed E-state index contributed by atoms with van der Waals surface area (Å²) in [5.74, 6) is 0.933. The van der Waals surface area contributed by atoms with Gasteiger partial charge in [0.25, 0.3) is 0 Å². The van der Waals surface area contributed by atoms with Crippen molar-refractivity contribution in [3.05, 3.63) is 35.9 Å². The van der Waals surface area contributed by atoms with Gasteiger partial charge < -0.3 is 4.74 Å². The first kappa shape index (κ1) is 11.7. The van der Waals surface area contributed by atoms with Crippen LogP contribution in [-0.4, -0.2) is 35.5 Å². The molecule has 0 aromatic heterocycles. The molecule has 1 saturated heterocycles. The molecule has 0 bridgehead atoms. The van der Waals surface area contributed by atoms with Crippen LogP contribution in [0.2, 0.25) is 0 Å². The lowest BCUT2D eigenvalue weighted by atomic mass is 10.1. The van der Waals surface area contributed by atoms with Crippen LogP contribution in [-0.2, 0) is 4.74 Å². The van der Waals surface area contributed by atoms with Gasteiger partial charge in [-0.05, 0) is 26.3 Å². The number of hydrogen-bond acceptors (Lipinski definition) is 3. The molecule has 0 spiro atoms. The van der Waals surface area contributed by atoms with E-state index in [1.165, 1.54) is 5.56 Å². The minimum atomic E-state index is -0.0421. The van der Waals surface area contributed by atoms with Crippen molar-refractivity contribution in [3.8, 4) is 0 Å². The van der Waals surface area contributed by atoms with Crippen molar-refractivity contribution in [2.45, 2.75) is 38.4 Å². The van der Waals surface area contributed by atoms with Gasteiger partial charge >= 0.3 is 0 Å². The molecule has 96 valence electrons. The minimum Gasteiger partial charge on any atom is -0.477 e. The molecule has 3 rings (SSSR count). The van der Waals surface area contributed by atoms with Crippen LogP contribution in [0, 0.1) is 0 Å². The van der Waals surface area contributed by atoms with E-state index in [0.717, 1.165) is 12.4 Å². The van der Waals surface area contributed by atoms with E-state index in [4.69, 9.17) is 4.74 Å². The van der Waals surface area contributed by atoms with Crippen LogP contribution in [0.15, 0.2) is 35.3 Å². The van der Waals surface area contributed by atoms with E-state index in [1.807, 2.05) is 0 Å². The lowest BCUT2D eigenvalue weighted by molar-refractivity contribution is 0.269. The predicted octanol–water partition coefficient (Wildman–Crippen LogP) is 2.64. The highest BCUT2D eigenvalue weighted by Gasteiger charge is 2.46. The first-order chi connectivity index (χ1) is 8.57. The Bertz CT molecular complexity index is 467. The molecule has 1 fully saturated rings. The average Bonchev–Trinajstić information content (AvgIpc) is 3.08. The van der Waals surface area contributed by atoms with Gasteiger partial charge in [-0.2, -0.15) is 0 Å². The van der Waals surface area contributed by atoms with E-state index < -0.39 is 0 Å². The standard InChI is InChI=1S/C15H20N2O/c1-11(12-7-5-4-6-8-12)17-9-13(17)14-16-15(2,3)10-18-14/h4-8,11,13H,9-10H2,1-3H3/t11-,13?,17?/m1/s1. The summed E-state index contributed by atoms with van der Waals surface area (Å²) in [5, 5.41) is 0. The molecular weight excluding hydrogens is 224 g/mol. The van der Waals surface area contributed by atoms with Gasteiger partial charge in [-0.1, -0.05) is 30.3 Å². The lowest BCUT2D eigenvalue weighted by Crippen LogP contribution is -2.17. The van der Waals surface area contributed by atoms with Gasteiger partial charge in [-0.15, -0.1) is 0 Å². The fraction of sp³-hybridized carbons (Fsp3) is 0.533. The number of benzene rings is 1. The zero-order valence-electron chi connectivity index (χ0n) is 11.3.